The van der Waals surface area contributed by atoms with Crippen LogP contribution in [0.3, 0.4) is 0 Å². The van der Waals surface area contributed by atoms with E-state index < -0.39 is 0 Å². The van der Waals surface area contributed by atoms with Gasteiger partial charge in [0.05, 0.1) is 6.54 Å². The second-order valence-electron chi connectivity index (χ2n) is 2.66. The highest BCUT2D eigenvalue weighted by atomic mass is 14.7. The van der Waals surface area contributed by atoms with Crippen LogP contribution >= 0.6 is 0 Å². The molecule has 1 heterocycles. The van der Waals surface area contributed by atoms with Crippen LogP contribution in [0.4, 0.5) is 0 Å². The van der Waals surface area contributed by atoms with Crippen LogP contribution in [0.1, 0.15) is 25.7 Å². The molecule has 0 saturated carbocycles. The van der Waals surface area contributed by atoms with Crippen molar-refractivity contribution in [3.05, 3.63) is 17.7 Å². The molecule has 47 valence electrons. The summed E-state index contributed by atoms with van der Waals surface area (Å²) in [7, 11) is 0. The lowest BCUT2D eigenvalue weighted by atomic mass is 9.94. The lowest BCUT2D eigenvalue weighted by Gasteiger charge is -2.10. The Morgan fingerprint density at radius 3 is 2.67 bits per heavy atom. The molecule has 1 nitrogen and oxygen atoms in total. The highest BCUT2D eigenvalue weighted by Gasteiger charge is 2.13. The first-order chi connectivity index (χ1) is 4.47. The van der Waals surface area contributed by atoms with Crippen molar-refractivity contribution in [1.29, 1.82) is 0 Å². The van der Waals surface area contributed by atoms with Crippen LogP contribution in [0, 0.1) is 6.54 Å². The van der Waals surface area contributed by atoms with Gasteiger partial charge in [0.2, 0.25) is 0 Å². The van der Waals surface area contributed by atoms with Gasteiger partial charge in [-0.05, 0) is 36.8 Å². The summed E-state index contributed by atoms with van der Waals surface area (Å²) in [5.74, 6) is 0. The van der Waals surface area contributed by atoms with Gasteiger partial charge in [-0.1, -0.05) is 0 Å². The van der Waals surface area contributed by atoms with Crippen LogP contribution in [-0.4, -0.2) is 6.21 Å². The van der Waals surface area contributed by atoms with Gasteiger partial charge in [0.1, 0.15) is 0 Å². The second kappa shape index (κ2) is 1.98. The molecule has 0 saturated heterocycles. The summed E-state index contributed by atoms with van der Waals surface area (Å²) >= 11 is 0. The Labute approximate surface area is 55.5 Å². The maximum atomic E-state index is 4.10. The molecule has 0 fully saturated rings. The summed E-state index contributed by atoms with van der Waals surface area (Å²) in [6.07, 6.45) is 7.25. The fourth-order valence-corrected chi connectivity index (χ4v) is 1.46. The maximum absolute atomic E-state index is 4.10. The van der Waals surface area contributed by atoms with E-state index in [2.05, 4.69) is 4.99 Å². The number of hydrogen-bond donors (Lipinski definition) is 0. The molecule has 0 atom stereocenters. The topological polar surface area (TPSA) is 12.4 Å². The van der Waals surface area contributed by atoms with E-state index in [1.165, 1.54) is 36.8 Å². The summed E-state index contributed by atoms with van der Waals surface area (Å²) in [5.41, 5.74) is 2.97. The molecule has 2 aliphatic rings. The van der Waals surface area contributed by atoms with E-state index in [-0.39, 0.29) is 0 Å². The van der Waals surface area contributed by atoms with Crippen molar-refractivity contribution in [2.45, 2.75) is 25.7 Å². The average Bonchev–Trinajstić information content (AvgIpc) is 2.33. The van der Waals surface area contributed by atoms with Crippen LogP contribution in [0.25, 0.3) is 0 Å². The number of rotatable bonds is 0. The number of nitrogens with zero attached hydrogens (tertiary/aromatic N) is 1. The molecule has 0 bridgehead atoms. The van der Waals surface area contributed by atoms with Crippen LogP contribution < -0.4 is 0 Å². The van der Waals surface area contributed by atoms with E-state index in [0.29, 0.717) is 0 Å². The van der Waals surface area contributed by atoms with Crippen molar-refractivity contribution >= 4 is 6.21 Å². The first kappa shape index (κ1) is 5.21. The van der Waals surface area contributed by atoms with E-state index in [1.54, 1.807) is 0 Å². The lowest BCUT2D eigenvalue weighted by molar-refractivity contribution is 0.698. The van der Waals surface area contributed by atoms with E-state index in [1.807, 2.05) is 12.8 Å². The molecule has 1 heteroatoms. The SMILES string of the molecule is [CH]1N=CC2=C1CCCC2. The fourth-order valence-electron chi connectivity index (χ4n) is 1.46. The Hall–Kier alpha value is -0.590. The molecule has 2 rings (SSSR count). The fraction of sp³-hybridized carbons (Fsp3) is 0.500. The van der Waals surface area contributed by atoms with Crippen LogP contribution in [0.5, 0.6) is 0 Å². The van der Waals surface area contributed by atoms with Crippen LogP contribution in [0.2, 0.25) is 0 Å². The molecule has 0 aromatic heterocycles. The zero-order valence-corrected chi connectivity index (χ0v) is 5.43. The van der Waals surface area contributed by atoms with Gasteiger partial charge in [0.15, 0.2) is 0 Å². The van der Waals surface area contributed by atoms with Gasteiger partial charge < -0.3 is 0 Å². The summed E-state index contributed by atoms with van der Waals surface area (Å²) in [4.78, 5) is 4.10. The monoisotopic (exact) mass is 120 g/mol. The molecular formula is C8H10N. The van der Waals surface area contributed by atoms with Crippen molar-refractivity contribution < 1.29 is 0 Å². The molecule has 0 amide bonds. The first-order valence-electron chi connectivity index (χ1n) is 3.55. The second-order valence-corrected chi connectivity index (χ2v) is 2.66. The Morgan fingerprint density at radius 1 is 1.11 bits per heavy atom. The zero-order valence-electron chi connectivity index (χ0n) is 5.43. The van der Waals surface area contributed by atoms with E-state index in [4.69, 9.17) is 0 Å². The minimum Gasteiger partial charge on any atom is -0.283 e. The van der Waals surface area contributed by atoms with Gasteiger partial charge in [-0.2, -0.15) is 0 Å². The van der Waals surface area contributed by atoms with Gasteiger partial charge >= 0.3 is 0 Å². The largest absolute Gasteiger partial charge is 0.283 e. The quantitative estimate of drug-likeness (QED) is 0.464. The van der Waals surface area contributed by atoms with Gasteiger partial charge in [-0.3, -0.25) is 4.99 Å². The predicted molar refractivity (Wildman–Crippen MR) is 38.3 cm³/mol. The third kappa shape index (κ3) is 0.805. The lowest BCUT2D eigenvalue weighted by Crippen LogP contribution is -1.95. The van der Waals surface area contributed by atoms with Gasteiger partial charge in [-0.15, -0.1) is 0 Å². The molecule has 1 radical (unpaired) electrons. The van der Waals surface area contributed by atoms with Crippen molar-refractivity contribution in [2.75, 3.05) is 0 Å². The molecular weight excluding hydrogens is 110 g/mol. The van der Waals surface area contributed by atoms with Gasteiger partial charge in [-0.25, -0.2) is 0 Å². The minimum absolute atomic E-state index is 1.26. The van der Waals surface area contributed by atoms with Crippen LogP contribution in [-0.2, 0) is 0 Å². The normalized spacial score (nSPS) is 24.9. The third-order valence-electron chi connectivity index (χ3n) is 2.02. The Kier molecular flexibility index (Phi) is 1.15. The molecule has 0 unspecified atom stereocenters. The van der Waals surface area contributed by atoms with Crippen LogP contribution in [0.15, 0.2) is 16.1 Å². The first-order valence-corrected chi connectivity index (χ1v) is 3.55. The van der Waals surface area contributed by atoms with E-state index in [0.717, 1.165) is 0 Å². The van der Waals surface area contributed by atoms with Gasteiger partial charge in [0.25, 0.3) is 0 Å². The number of hydrogen-bond acceptors (Lipinski definition) is 1. The third-order valence-corrected chi connectivity index (χ3v) is 2.02. The van der Waals surface area contributed by atoms with Gasteiger partial charge in [0, 0.05) is 6.21 Å². The molecule has 9 heavy (non-hydrogen) atoms. The van der Waals surface area contributed by atoms with Crippen molar-refractivity contribution in [3.63, 3.8) is 0 Å². The Morgan fingerprint density at radius 2 is 1.89 bits per heavy atom. The number of allylic oxidation sites excluding steroid dienone is 1. The molecule has 0 aromatic rings. The standard InChI is InChI=1S/C8H10N/c1-2-4-8-6-9-5-7(8)3-1/h5-6H,1-4H2. The van der Waals surface area contributed by atoms with E-state index >= 15 is 0 Å². The maximum Gasteiger partial charge on any atom is 0.0977 e. The summed E-state index contributed by atoms with van der Waals surface area (Å²) in [6, 6.07) is 0. The van der Waals surface area contributed by atoms with Crippen molar-refractivity contribution in [2.24, 2.45) is 4.99 Å². The minimum atomic E-state index is 1.26. The molecule has 0 spiro atoms. The highest BCUT2D eigenvalue weighted by molar-refractivity contribution is 5.84. The summed E-state index contributed by atoms with van der Waals surface area (Å²) in [5, 5.41) is 0. The van der Waals surface area contributed by atoms with Crippen molar-refractivity contribution in [1.82, 2.24) is 0 Å². The zero-order chi connectivity index (χ0) is 6.10. The predicted octanol–water partition coefficient (Wildman–Crippen LogP) is 2.10. The smallest absolute Gasteiger partial charge is 0.0977 e. The molecule has 0 N–H and O–H groups in total. The molecule has 0 aromatic carbocycles. The Balaban J connectivity index is 2.24. The Bertz CT molecular complexity index is 177. The number of aliphatic imine (C=N–C) groups is 1. The average molecular weight is 120 g/mol. The summed E-state index contributed by atoms with van der Waals surface area (Å²) in [6.45, 7) is 2.01. The highest BCUT2D eigenvalue weighted by Crippen LogP contribution is 2.28. The summed E-state index contributed by atoms with van der Waals surface area (Å²) < 4.78 is 0. The molecule has 1 aliphatic carbocycles. The van der Waals surface area contributed by atoms with Crippen molar-refractivity contribution in [3.8, 4) is 0 Å². The van der Waals surface area contributed by atoms with E-state index in [9.17, 15) is 0 Å². The molecule has 1 aliphatic heterocycles.